The Labute approximate surface area is 134 Å². The maximum atomic E-state index is 12.9. The van der Waals surface area contributed by atoms with Gasteiger partial charge in [0.15, 0.2) is 0 Å². The molecule has 0 aliphatic rings. The van der Waals surface area contributed by atoms with Gasteiger partial charge in [0.05, 0.1) is 10.9 Å². The minimum atomic E-state index is -0.297. The lowest BCUT2D eigenvalue weighted by molar-refractivity contribution is 0.0944. The fourth-order valence-electron chi connectivity index (χ4n) is 2.01. The molecule has 2 heterocycles. The number of hydrogen-bond acceptors (Lipinski definition) is 5. The molecule has 0 unspecified atom stereocenters. The molecule has 0 saturated carbocycles. The Bertz CT molecular complexity index is 768. The fraction of sp³-hybridized carbons (Fsp3) is 0.133. The molecule has 0 bridgehead atoms. The normalized spacial score (nSPS) is 12.1. The predicted molar refractivity (Wildman–Crippen MR) is 85.5 cm³/mol. The van der Waals surface area contributed by atoms with E-state index in [0.717, 1.165) is 22.0 Å². The third kappa shape index (κ3) is 3.05. The summed E-state index contributed by atoms with van der Waals surface area (Å²) in [6.07, 6.45) is 0. The molecular formula is C15H12FN3OS2. The molecule has 4 nitrogen and oxygen atoms in total. The van der Waals surface area contributed by atoms with Gasteiger partial charge in [-0.2, -0.15) is 0 Å². The van der Waals surface area contributed by atoms with Crippen LogP contribution in [0.3, 0.4) is 0 Å². The van der Waals surface area contributed by atoms with Gasteiger partial charge in [-0.05, 0) is 47.6 Å². The highest BCUT2D eigenvalue weighted by Crippen LogP contribution is 2.28. The first-order valence-electron chi connectivity index (χ1n) is 6.57. The van der Waals surface area contributed by atoms with Crippen molar-refractivity contribution >= 4 is 28.8 Å². The van der Waals surface area contributed by atoms with Gasteiger partial charge in [-0.25, -0.2) is 4.39 Å². The number of rotatable bonds is 4. The predicted octanol–water partition coefficient (Wildman–Crippen LogP) is 3.90. The number of aromatic nitrogens is 2. The average molecular weight is 333 g/mol. The Morgan fingerprint density at radius 1 is 1.27 bits per heavy atom. The van der Waals surface area contributed by atoms with Crippen LogP contribution in [0.2, 0.25) is 0 Å². The van der Waals surface area contributed by atoms with Crippen molar-refractivity contribution in [3.8, 4) is 10.6 Å². The molecule has 3 aromatic rings. The van der Waals surface area contributed by atoms with Crippen molar-refractivity contribution in [1.29, 1.82) is 0 Å². The zero-order valence-corrected chi connectivity index (χ0v) is 13.2. The number of thiophene rings is 1. The van der Waals surface area contributed by atoms with Crippen molar-refractivity contribution in [2.45, 2.75) is 13.0 Å². The van der Waals surface area contributed by atoms with Crippen LogP contribution in [0.5, 0.6) is 0 Å². The Balaban J connectivity index is 1.78. The fourth-order valence-corrected chi connectivity index (χ4v) is 3.37. The first-order valence-corrected chi connectivity index (χ1v) is 8.23. The highest BCUT2D eigenvalue weighted by atomic mass is 32.1. The molecule has 0 spiro atoms. The number of nitrogens with zero attached hydrogens (tertiary/aromatic N) is 2. The SMILES string of the molecule is C[C@H](NC(=O)c1snnc1-c1cccs1)c1ccc(F)cc1. The van der Waals surface area contributed by atoms with Crippen molar-refractivity contribution in [2.75, 3.05) is 0 Å². The van der Waals surface area contributed by atoms with E-state index in [1.807, 2.05) is 24.4 Å². The van der Waals surface area contributed by atoms with Crippen molar-refractivity contribution in [1.82, 2.24) is 14.9 Å². The molecule has 1 N–H and O–H groups in total. The third-order valence-electron chi connectivity index (χ3n) is 3.17. The lowest BCUT2D eigenvalue weighted by atomic mass is 10.1. The Kier molecular flexibility index (Phi) is 4.26. The Morgan fingerprint density at radius 2 is 2.05 bits per heavy atom. The summed E-state index contributed by atoms with van der Waals surface area (Å²) in [5, 5.41) is 8.86. The van der Waals surface area contributed by atoms with Crippen molar-refractivity contribution < 1.29 is 9.18 Å². The molecule has 1 atom stereocenters. The first-order chi connectivity index (χ1) is 10.6. The molecule has 0 fully saturated rings. The van der Waals surface area contributed by atoms with E-state index in [-0.39, 0.29) is 17.8 Å². The summed E-state index contributed by atoms with van der Waals surface area (Å²) in [6, 6.07) is 9.65. The van der Waals surface area contributed by atoms with Crippen LogP contribution < -0.4 is 5.32 Å². The van der Waals surface area contributed by atoms with Gasteiger partial charge in [0.1, 0.15) is 16.4 Å². The van der Waals surface area contributed by atoms with Crippen molar-refractivity contribution in [2.24, 2.45) is 0 Å². The number of carbonyl (C=O) groups is 1. The topological polar surface area (TPSA) is 54.9 Å². The van der Waals surface area contributed by atoms with Crippen molar-refractivity contribution in [3.05, 3.63) is 58.0 Å². The number of benzene rings is 1. The minimum absolute atomic E-state index is 0.227. The molecular weight excluding hydrogens is 321 g/mol. The van der Waals surface area contributed by atoms with E-state index in [1.165, 1.54) is 23.5 Å². The lowest BCUT2D eigenvalue weighted by Crippen LogP contribution is -2.26. The molecule has 0 aliphatic carbocycles. The molecule has 1 amide bonds. The van der Waals surface area contributed by atoms with Gasteiger partial charge in [-0.3, -0.25) is 4.79 Å². The smallest absolute Gasteiger partial charge is 0.265 e. The molecule has 2 aromatic heterocycles. The second-order valence-corrected chi connectivity index (χ2v) is 6.38. The molecule has 112 valence electrons. The summed E-state index contributed by atoms with van der Waals surface area (Å²) >= 11 is 2.58. The van der Waals surface area contributed by atoms with E-state index in [4.69, 9.17) is 0 Å². The second-order valence-electron chi connectivity index (χ2n) is 4.67. The van der Waals surface area contributed by atoms with Gasteiger partial charge in [-0.15, -0.1) is 16.4 Å². The van der Waals surface area contributed by atoms with Crippen molar-refractivity contribution in [3.63, 3.8) is 0 Å². The monoisotopic (exact) mass is 333 g/mol. The first kappa shape index (κ1) is 14.8. The van der Waals surface area contributed by atoms with Gasteiger partial charge >= 0.3 is 0 Å². The van der Waals surface area contributed by atoms with Crippen LogP contribution in [-0.4, -0.2) is 15.5 Å². The quantitative estimate of drug-likeness (QED) is 0.788. The van der Waals surface area contributed by atoms with E-state index in [9.17, 15) is 9.18 Å². The lowest BCUT2D eigenvalue weighted by Gasteiger charge is -2.13. The Morgan fingerprint density at radius 3 is 2.73 bits per heavy atom. The molecule has 0 saturated heterocycles. The number of carbonyl (C=O) groups excluding carboxylic acids is 1. The molecule has 1 aromatic carbocycles. The highest BCUT2D eigenvalue weighted by Gasteiger charge is 2.20. The van der Waals surface area contributed by atoms with E-state index in [2.05, 4.69) is 14.9 Å². The van der Waals surface area contributed by atoms with Crippen LogP contribution in [-0.2, 0) is 0 Å². The summed E-state index contributed by atoms with van der Waals surface area (Å²) < 4.78 is 16.8. The molecule has 0 radical (unpaired) electrons. The van der Waals surface area contributed by atoms with E-state index >= 15 is 0 Å². The summed E-state index contributed by atoms with van der Waals surface area (Å²) in [5.41, 5.74) is 1.44. The summed E-state index contributed by atoms with van der Waals surface area (Å²) in [5.74, 6) is -0.524. The number of hydrogen-bond donors (Lipinski definition) is 1. The van der Waals surface area contributed by atoms with Gasteiger partial charge < -0.3 is 5.32 Å². The maximum absolute atomic E-state index is 12.9. The maximum Gasteiger partial charge on any atom is 0.265 e. The Hall–Kier alpha value is -2.12. The summed E-state index contributed by atoms with van der Waals surface area (Å²) in [6.45, 7) is 1.85. The largest absolute Gasteiger partial charge is 0.345 e. The van der Waals surface area contributed by atoms with Crippen LogP contribution >= 0.6 is 22.9 Å². The molecule has 3 rings (SSSR count). The van der Waals surface area contributed by atoms with E-state index in [0.29, 0.717) is 10.6 Å². The number of nitrogens with one attached hydrogen (secondary N) is 1. The zero-order valence-electron chi connectivity index (χ0n) is 11.6. The van der Waals surface area contributed by atoms with Gasteiger partial charge in [0, 0.05) is 0 Å². The zero-order chi connectivity index (χ0) is 15.5. The number of amides is 1. The van der Waals surface area contributed by atoms with Crippen LogP contribution in [0, 0.1) is 5.82 Å². The van der Waals surface area contributed by atoms with Crippen LogP contribution in [0.1, 0.15) is 28.2 Å². The van der Waals surface area contributed by atoms with Gasteiger partial charge in [0.25, 0.3) is 5.91 Å². The van der Waals surface area contributed by atoms with E-state index < -0.39 is 0 Å². The average Bonchev–Trinajstić information content (AvgIpc) is 3.18. The van der Waals surface area contributed by atoms with Gasteiger partial charge in [-0.1, -0.05) is 22.7 Å². The third-order valence-corrected chi connectivity index (χ3v) is 4.77. The molecule has 0 aliphatic heterocycles. The van der Waals surface area contributed by atoms with Crippen LogP contribution in [0.15, 0.2) is 41.8 Å². The minimum Gasteiger partial charge on any atom is -0.345 e. The van der Waals surface area contributed by atoms with E-state index in [1.54, 1.807) is 12.1 Å². The second kappa shape index (κ2) is 6.33. The highest BCUT2D eigenvalue weighted by molar-refractivity contribution is 7.14. The van der Waals surface area contributed by atoms with Crippen LogP contribution in [0.4, 0.5) is 4.39 Å². The number of halogens is 1. The van der Waals surface area contributed by atoms with Gasteiger partial charge in [0.2, 0.25) is 0 Å². The standard InChI is InChI=1S/C15H12FN3OS2/c1-9(10-4-6-11(16)7-5-10)17-15(20)14-13(18-19-22-14)12-3-2-8-21-12/h2-9H,1H3,(H,17,20)/t9-/m0/s1. The summed E-state index contributed by atoms with van der Waals surface area (Å²) in [4.78, 5) is 13.8. The molecule has 22 heavy (non-hydrogen) atoms. The van der Waals surface area contributed by atoms with Crippen LogP contribution in [0.25, 0.3) is 10.6 Å². The summed E-state index contributed by atoms with van der Waals surface area (Å²) in [7, 11) is 0. The molecule has 7 heteroatoms.